The Hall–Kier alpha value is -0.850. The van der Waals surface area contributed by atoms with Crippen LogP contribution < -0.4 is 0 Å². The van der Waals surface area contributed by atoms with Gasteiger partial charge in [-0.05, 0) is 26.0 Å². The topological polar surface area (TPSA) is 3.01 Å². The van der Waals surface area contributed by atoms with Crippen molar-refractivity contribution in [3.05, 3.63) is 24.9 Å². The van der Waals surface area contributed by atoms with Gasteiger partial charge in [0.2, 0.25) is 0 Å². The third-order valence-electron chi connectivity index (χ3n) is 1.25. The molecule has 0 aliphatic rings. The molecular formula is C9H16N+. The first-order chi connectivity index (χ1) is 4.85. The van der Waals surface area contributed by atoms with Gasteiger partial charge in [-0.25, -0.2) is 4.58 Å². The van der Waals surface area contributed by atoms with Crippen LogP contribution in [0.15, 0.2) is 24.9 Å². The quantitative estimate of drug-likeness (QED) is 0.414. The van der Waals surface area contributed by atoms with Gasteiger partial charge in [0.1, 0.15) is 6.54 Å². The lowest BCUT2D eigenvalue weighted by molar-refractivity contribution is -0.446. The zero-order chi connectivity index (χ0) is 7.82. The van der Waals surface area contributed by atoms with E-state index in [1.807, 2.05) is 23.1 Å². The summed E-state index contributed by atoms with van der Waals surface area (Å²) < 4.78 is 2.03. The number of allylic oxidation sites excluding steroid dienone is 2. The van der Waals surface area contributed by atoms with Gasteiger partial charge in [0.15, 0.2) is 12.4 Å². The minimum atomic E-state index is 0.984. The third kappa shape index (κ3) is 4.07. The highest BCUT2D eigenvalue weighted by atomic mass is 14.9. The van der Waals surface area contributed by atoms with Crippen LogP contribution in [0.3, 0.4) is 0 Å². The summed E-state index contributed by atoms with van der Waals surface area (Å²) >= 11 is 0. The summed E-state index contributed by atoms with van der Waals surface area (Å²) in [6, 6.07) is 0. The van der Waals surface area contributed by atoms with Gasteiger partial charge in [0, 0.05) is 0 Å². The molecule has 1 heteroatoms. The molecule has 56 valence electrons. The van der Waals surface area contributed by atoms with Gasteiger partial charge in [0.05, 0.1) is 0 Å². The van der Waals surface area contributed by atoms with Crippen LogP contribution in [0.2, 0.25) is 0 Å². The summed E-state index contributed by atoms with van der Waals surface area (Å²) in [6.07, 6.45) is 9.10. The van der Waals surface area contributed by atoms with Crippen molar-refractivity contribution in [1.82, 2.24) is 0 Å². The van der Waals surface area contributed by atoms with Crippen molar-refractivity contribution in [3.8, 4) is 0 Å². The van der Waals surface area contributed by atoms with Crippen molar-refractivity contribution in [1.29, 1.82) is 0 Å². The summed E-state index contributed by atoms with van der Waals surface area (Å²) in [4.78, 5) is 0. The van der Waals surface area contributed by atoms with Crippen molar-refractivity contribution in [2.75, 3.05) is 6.54 Å². The minimum Gasteiger partial charge on any atom is -0.206 e. The molecule has 0 bridgehead atoms. The summed E-state index contributed by atoms with van der Waals surface area (Å²) in [5.41, 5.74) is 0. The zero-order valence-electron chi connectivity index (χ0n) is 6.88. The van der Waals surface area contributed by atoms with E-state index in [9.17, 15) is 0 Å². The Morgan fingerprint density at radius 2 is 2.10 bits per heavy atom. The molecule has 0 aliphatic carbocycles. The van der Waals surface area contributed by atoms with Crippen molar-refractivity contribution >= 4 is 6.21 Å². The Labute approximate surface area is 63.4 Å². The highest BCUT2D eigenvalue weighted by molar-refractivity contribution is 5.66. The average Bonchev–Trinajstić information content (AvgIpc) is 1.99. The lowest BCUT2D eigenvalue weighted by Gasteiger charge is -1.85. The van der Waals surface area contributed by atoms with Crippen LogP contribution in [0.1, 0.15) is 20.3 Å². The molecular weight excluding hydrogens is 122 g/mol. The van der Waals surface area contributed by atoms with Gasteiger partial charge in [0.25, 0.3) is 0 Å². The van der Waals surface area contributed by atoms with Gasteiger partial charge in [-0.3, -0.25) is 0 Å². The molecule has 0 aromatic rings. The van der Waals surface area contributed by atoms with Crippen LogP contribution in [0.25, 0.3) is 0 Å². The van der Waals surface area contributed by atoms with Gasteiger partial charge < -0.3 is 0 Å². The number of nitrogens with zero attached hydrogens (tertiary/aromatic N) is 1. The Morgan fingerprint density at radius 1 is 1.40 bits per heavy atom. The molecule has 0 spiro atoms. The maximum Gasteiger partial charge on any atom is 0.168 e. The predicted octanol–water partition coefficient (Wildman–Crippen LogP) is 2.20. The fourth-order valence-corrected chi connectivity index (χ4v) is 0.603. The van der Waals surface area contributed by atoms with E-state index in [-0.39, 0.29) is 0 Å². The van der Waals surface area contributed by atoms with E-state index in [1.54, 1.807) is 0 Å². The summed E-state index contributed by atoms with van der Waals surface area (Å²) in [7, 11) is 0. The van der Waals surface area contributed by atoms with E-state index in [1.165, 1.54) is 0 Å². The lowest BCUT2D eigenvalue weighted by atomic mass is 10.4. The smallest absolute Gasteiger partial charge is 0.168 e. The monoisotopic (exact) mass is 138 g/mol. The van der Waals surface area contributed by atoms with E-state index in [4.69, 9.17) is 0 Å². The molecule has 0 atom stereocenters. The van der Waals surface area contributed by atoms with Crippen molar-refractivity contribution < 1.29 is 4.58 Å². The Balaban J connectivity index is 3.85. The molecule has 0 aromatic carbocycles. The van der Waals surface area contributed by atoms with Crippen LogP contribution in [-0.2, 0) is 0 Å². The normalized spacial score (nSPS) is 12.4. The molecule has 0 unspecified atom stereocenters. The summed E-state index contributed by atoms with van der Waals surface area (Å²) in [6.45, 7) is 8.87. The van der Waals surface area contributed by atoms with Crippen molar-refractivity contribution in [2.24, 2.45) is 0 Å². The second kappa shape index (κ2) is 6.27. The van der Waals surface area contributed by atoms with E-state index in [0.717, 1.165) is 13.0 Å². The molecule has 0 amide bonds. The van der Waals surface area contributed by atoms with E-state index in [0.29, 0.717) is 0 Å². The van der Waals surface area contributed by atoms with Crippen LogP contribution in [0, 0.1) is 0 Å². The Morgan fingerprint density at radius 3 is 2.50 bits per heavy atom. The average molecular weight is 138 g/mol. The number of hydrogen-bond acceptors (Lipinski definition) is 0. The molecule has 0 rings (SSSR count). The second-order valence-corrected chi connectivity index (χ2v) is 2.00. The van der Waals surface area contributed by atoms with Gasteiger partial charge in [-0.1, -0.05) is 13.0 Å². The van der Waals surface area contributed by atoms with Crippen molar-refractivity contribution in [3.63, 3.8) is 0 Å². The SMILES string of the molecule is C=C[N+](=C/C=C\CC)CC. The number of rotatable bonds is 4. The Bertz CT molecular complexity index is 143. The van der Waals surface area contributed by atoms with Gasteiger partial charge in [-0.15, -0.1) is 0 Å². The van der Waals surface area contributed by atoms with E-state index in [2.05, 4.69) is 26.5 Å². The maximum atomic E-state index is 3.67. The highest BCUT2D eigenvalue weighted by Crippen LogP contribution is 1.78. The molecule has 0 aromatic heterocycles. The van der Waals surface area contributed by atoms with Crippen LogP contribution in [0.5, 0.6) is 0 Å². The molecule has 1 nitrogen and oxygen atoms in total. The molecule has 0 fully saturated rings. The molecule has 0 saturated heterocycles. The molecule has 0 aliphatic heterocycles. The van der Waals surface area contributed by atoms with Crippen LogP contribution in [0.4, 0.5) is 0 Å². The largest absolute Gasteiger partial charge is 0.206 e. The first-order valence-corrected chi connectivity index (χ1v) is 3.73. The molecule has 0 N–H and O–H groups in total. The zero-order valence-corrected chi connectivity index (χ0v) is 6.88. The fraction of sp³-hybridized carbons (Fsp3) is 0.444. The van der Waals surface area contributed by atoms with Crippen molar-refractivity contribution in [2.45, 2.75) is 20.3 Å². The second-order valence-electron chi connectivity index (χ2n) is 2.00. The fourth-order valence-electron chi connectivity index (χ4n) is 0.603. The first-order valence-electron chi connectivity index (χ1n) is 3.73. The lowest BCUT2D eigenvalue weighted by Crippen LogP contribution is -2.01. The summed E-state index contributed by atoms with van der Waals surface area (Å²) in [5.74, 6) is 0. The van der Waals surface area contributed by atoms with Crippen LogP contribution >= 0.6 is 0 Å². The van der Waals surface area contributed by atoms with Gasteiger partial charge in [-0.2, -0.15) is 0 Å². The minimum absolute atomic E-state index is 0.984. The summed E-state index contributed by atoms with van der Waals surface area (Å²) in [5, 5.41) is 0. The first kappa shape index (κ1) is 9.15. The Kier molecular flexibility index (Phi) is 5.74. The van der Waals surface area contributed by atoms with E-state index < -0.39 is 0 Å². The molecule has 10 heavy (non-hydrogen) atoms. The standard InChI is InChI=1S/C9H16N/c1-4-7-8-9-10(5-2)6-3/h5,7-9H,2,4,6H2,1,3H3/q+1/b8-7-,10-9?. The highest BCUT2D eigenvalue weighted by Gasteiger charge is 1.86. The number of hydrogen-bond donors (Lipinski definition) is 0. The third-order valence-corrected chi connectivity index (χ3v) is 1.25. The molecule has 0 heterocycles. The molecule has 0 saturated carbocycles. The van der Waals surface area contributed by atoms with E-state index >= 15 is 0 Å². The maximum absolute atomic E-state index is 3.67. The van der Waals surface area contributed by atoms with Crippen LogP contribution in [-0.4, -0.2) is 17.3 Å². The predicted molar refractivity (Wildman–Crippen MR) is 46.5 cm³/mol. The molecule has 0 radical (unpaired) electrons. The van der Waals surface area contributed by atoms with Gasteiger partial charge >= 0.3 is 0 Å².